The summed E-state index contributed by atoms with van der Waals surface area (Å²) in [6, 6.07) is 7.98. The van der Waals surface area contributed by atoms with Gasteiger partial charge < -0.3 is 0 Å². The molecule has 1 heterocycles. The van der Waals surface area contributed by atoms with Gasteiger partial charge >= 0.3 is 6.18 Å². The Hall–Kier alpha value is -2.17. The van der Waals surface area contributed by atoms with E-state index in [2.05, 4.69) is 4.98 Å². The first-order valence-corrected chi connectivity index (χ1v) is 5.54. The summed E-state index contributed by atoms with van der Waals surface area (Å²) in [7, 11) is 0. The third kappa shape index (κ3) is 2.65. The first-order chi connectivity index (χ1) is 8.91. The smallest absolute Gasteiger partial charge is 0.287 e. The molecule has 0 bridgehead atoms. The van der Waals surface area contributed by atoms with Gasteiger partial charge in [-0.25, -0.2) is 0 Å². The molecule has 0 aliphatic carbocycles. The molecular formula is C14H10F3NO. The van der Waals surface area contributed by atoms with Gasteiger partial charge in [0.2, 0.25) is 5.78 Å². The molecule has 0 saturated heterocycles. The Labute approximate surface area is 107 Å². The van der Waals surface area contributed by atoms with Crippen molar-refractivity contribution in [3.8, 4) is 0 Å². The molecule has 0 fully saturated rings. The second-order valence-corrected chi connectivity index (χ2v) is 4.04. The van der Waals surface area contributed by atoms with Crippen molar-refractivity contribution in [2.45, 2.75) is 13.1 Å². The number of halogens is 3. The van der Waals surface area contributed by atoms with Gasteiger partial charge in [-0.1, -0.05) is 24.3 Å². The standard InChI is InChI=1S/C14H10F3NO/c1-9-5-4-8-18-12(9)13(19)10-6-2-3-7-11(10)14(15,16)17/h2-8H,1H3. The van der Waals surface area contributed by atoms with Gasteiger partial charge in [0, 0.05) is 11.8 Å². The number of pyridine rings is 1. The number of aromatic nitrogens is 1. The van der Waals surface area contributed by atoms with Gasteiger partial charge in [-0.2, -0.15) is 13.2 Å². The SMILES string of the molecule is Cc1cccnc1C(=O)c1ccccc1C(F)(F)F. The Morgan fingerprint density at radius 2 is 1.79 bits per heavy atom. The van der Waals surface area contributed by atoms with Crippen molar-refractivity contribution in [3.05, 3.63) is 65.0 Å². The normalized spacial score (nSPS) is 11.4. The first-order valence-electron chi connectivity index (χ1n) is 5.54. The molecule has 0 N–H and O–H groups in total. The summed E-state index contributed by atoms with van der Waals surface area (Å²) >= 11 is 0. The number of hydrogen-bond acceptors (Lipinski definition) is 2. The highest BCUT2D eigenvalue weighted by atomic mass is 19.4. The van der Waals surface area contributed by atoms with Crippen LogP contribution in [0.4, 0.5) is 13.2 Å². The molecule has 0 unspecified atom stereocenters. The predicted octanol–water partition coefficient (Wildman–Crippen LogP) is 3.64. The number of alkyl halides is 3. The van der Waals surface area contributed by atoms with Crippen molar-refractivity contribution in [2.24, 2.45) is 0 Å². The Balaban J connectivity index is 2.55. The molecule has 98 valence electrons. The summed E-state index contributed by atoms with van der Waals surface area (Å²) in [6.07, 6.45) is -3.18. The lowest BCUT2D eigenvalue weighted by Crippen LogP contribution is -2.15. The largest absolute Gasteiger partial charge is 0.417 e. The average molecular weight is 265 g/mol. The van der Waals surface area contributed by atoms with Crippen LogP contribution in [0.1, 0.15) is 27.2 Å². The molecule has 0 aliphatic heterocycles. The fourth-order valence-electron chi connectivity index (χ4n) is 1.78. The van der Waals surface area contributed by atoms with E-state index in [1.54, 1.807) is 19.1 Å². The summed E-state index contributed by atoms with van der Waals surface area (Å²) in [5, 5.41) is 0. The van der Waals surface area contributed by atoms with Crippen molar-refractivity contribution in [3.63, 3.8) is 0 Å². The van der Waals surface area contributed by atoms with E-state index in [1.807, 2.05) is 0 Å². The summed E-state index contributed by atoms with van der Waals surface area (Å²) < 4.78 is 38.6. The summed E-state index contributed by atoms with van der Waals surface area (Å²) in [4.78, 5) is 16.0. The second-order valence-electron chi connectivity index (χ2n) is 4.04. The minimum atomic E-state index is -4.56. The lowest BCUT2D eigenvalue weighted by molar-refractivity contribution is -0.137. The molecule has 0 atom stereocenters. The van der Waals surface area contributed by atoms with Gasteiger partial charge in [-0.15, -0.1) is 0 Å². The molecule has 0 saturated carbocycles. The van der Waals surface area contributed by atoms with Gasteiger partial charge in [0.05, 0.1) is 5.56 Å². The fourth-order valence-corrected chi connectivity index (χ4v) is 1.78. The van der Waals surface area contributed by atoms with Crippen LogP contribution in [0.25, 0.3) is 0 Å². The van der Waals surface area contributed by atoms with Crippen LogP contribution in [0.15, 0.2) is 42.6 Å². The van der Waals surface area contributed by atoms with Gasteiger partial charge in [0.15, 0.2) is 0 Å². The summed E-state index contributed by atoms with van der Waals surface area (Å²) in [5.41, 5.74) is -0.731. The van der Waals surface area contributed by atoms with Crippen molar-refractivity contribution in [2.75, 3.05) is 0 Å². The molecule has 0 aliphatic rings. The van der Waals surface area contributed by atoms with Crippen molar-refractivity contribution >= 4 is 5.78 Å². The first kappa shape index (κ1) is 13.3. The quantitative estimate of drug-likeness (QED) is 0.776. The Morgan fingerprint density at radius 1 is 1.11 bits per heavy atom. The molecule has 5 heteroatoms. The zero-order chi connectivity index (χ0) is 14.0. The fraction of sp³-hybridized carbons (Fsp3) is 0.143. The number of carbonyl (C=O) groups excluding carboxylic acids is 1. The summed E-state index contributed by atoms with van der Waals surface area (Å²) in [6.45, 7) is 1.64. The van der Waals surface area contributed by atoms with Gasteiger partial charge in [0.25, 0.3) is 0 Å². The number of nitrogens with zero attached hydrogens (tertiary/aromatic N) is 1. The highest BCUT2D eigenvalue weighted by Crippen LogP contribution is 2.32. The number of benzene rings is 1. The molecule has 0 amide bonds. The van der Waals surface area contributed by atoms with Crippen LogP contribution in [0.5, 0.6) is 0 Å². The number of aryl methyl sites for hydroxylation is 1. The van der Waals surface area contributed by atoms with E-state index in [0.29, 0.717) is 5.56 Å². The van der Waals surface area contributed by atoms with Crippen LogP contribution in [0, 0.1) is 6.92 Å². The van der Waals surface area contributed by atoms with E-state index in [4.69, 9.17) is 0 Å². The van der Waals surface area contributed by atoms with E-state index in [1.165, 1.54) is 24.4 Å². The molecule has 2 rings (SSSR count). The minimum absolute atomic E-state index is 0.0409. The number of carbonyl (C=O) groups is 1. The molecule has 19 heavy (non-hydrogen) atoms. The van der Waals surface area contributed by atoms with Crippen molar-refractivity contribution < 1.29 is 18.0 Å². The zero-order valence-electron chi connectivity index (χ0n) is 10.0. The van der Waals surface area contributed by atoms with E-state index in [-0.39, 0.29) is 11.3 Å². The second kappa shape index (κ2) is 4.84. The Bertz CT molecular complexity index is 620. The van der Waals surface area contributed by atoms with E-state index in [0.717, 1.165) is 6.07 Å². The predicted molar refractivity (Wildman–Crippen MR) is 63.9 cm³/mol. The molecule has 0 spiro atoms. The van der Waals surface area contributed by atoms with Crippen molar-refractivity contribution in [1.29, 1.82) is 0 Å². The lowest BCUT2D eigenvalue weighted by Gasteiger charge is -2.12. The maximum atomic E-state index is 12.9. The van der Waals surface area contributed by atoms with Crippen LogP contribution in [0.2, 0.25) is 0 Å². The number of rotatable bonds is 2. The number of ketones is 1. The van der Waals surface area contributed by atoms with E-state index in [9.17, 15) is 18.0 Å². The van der Waals surface area contributed by atoms with Gasteiger partial charge in [-0.3, -0.25) is 9.78 Å². The van der Waals surface area contributed by atoms with Gasteiger partial charge in [0.1, 0.15) is 5.69 Å². The van der Waals surface area contributed by atoms with E-state index >= 15 is 0 Å². The molecule has 0 radical (unpaired) electrons. The molecule has 2 nitrogen and oxygen atoms in total. The average Bonchev–Trinajstić information content (AvgIpc) is 2.37. The van der Waals surface area contributed by atoms with Crippen molar-refractivity contribution in [1.82, 2.24) is 4.98 Å². The molecule has 1 aromatic carbocycles. The maximum Gasteiger partial charge on any atom is 0.417 e. The van der Waals surface area contributed by atoms with Crippen LogP contribution < -0.4 is 0 Å². The monoisotopic (exact) mass is 265 g/mol. The highest BCUT2D eigenvalue weighted by molar-refractivity contribution is 6.09. The van der Waals surface area contributed by atoms with Crippen LogP contribution >= 0.6 is 0 Å². The summed E-state index contributed by atoms with van der Waals surface area (Å²) in [5.74, 6) is -0.717. The molecule has 2 aromatic rings. The highest BCUT2D eigenvalue weighted by Gasteiger charge is 2.35. The van der Waals surface area contributed by atoms with Crippen LogP contribution in [-0.2, 0) is 6.18 Å². The minimum Gasteiger partial charge on any atom is -0.287 e. The lowest BCUT2D eigenvalue weighted by atomic mass is 9.99. The van der Waals surface area contributed by atoms with E-state index < -0.39 is 17.5 Å². The molecule has 1 aromatic heterocycles. The zero-order valence-corrected chi connectivity index (χ0v) is 10.0. The number of hydrogen-bond donors (Lipinski definition) is 0. The topological polar surface area (TPSA) is 30.0 Å². The van der Waals surface area contributed by atoms with Gasteiger partial charge in [-0.05, 0) is 24.6 Å². The Morgan fingerprint density at radius 3 is 2.42 bits per heavy atom. The third-order valence-corrected chi connectivity index (χ3v) is 2.70. The Kier molecular flexibility index (Phi) is 3.38. The van der Waals surface area contributed by atoms with Crippen LogP contribution in [0.3, 0.4) is 0 Å². The van der Waals surface area contributed by atoms with Crippen LogP contribution in [-0.4, -0.2) is 10.8 Å². The molecular weight excluding hydrogens is 255 g/mol. The third-order valence-electron chi connectivity index (χ3n) is 2.70. The maximum absolute atomic E-state index is 12.9.